The quantitative estimate of drug-likeness (QED) is 0.656. The van der Waals surface area contributed by atoms with Crippen molar-refractivity contribution in [3.05, 3.63) is 48.0 Å². The van der Waals surface area contributed by atoms with Crippen molar-refractivity contribution in [2.24, 2.45) is 0 Å². The fourth-order valence-electron chi connectivity index (χ4n) is 2.11. The smallest absolute Gasteiger partial charge is 0.336 e. The fraction of sp³-hybridized carbons (Fsp3) is 0. The Kier molecular flexibility index (Phi) is 2.45. The van der Waals surface area contributed by atoms with Crippen molar-refractivity contribution in [3.8, 4) is 17.0 Å². The zero-order valence-electron chi connectivity index (χ0n) is 9.79. The van der Waals surface area contributed by atoms with Crippen LogP contribution in [-0.4, -0.2) is 26.4 Å². The summed E-state index contributed by atoms with van der Waals surface area (Å²) in [5, 5.41) is 26.2. The minimum absolute atomic E-state index is 0.112. The molecule has 0 bridgehead atoms. The van der Waals surface area contributed by atoms with Gasteiger partial charge in [-0.2, -0.15) is 5.10 Å². The molecule has 3 rings (SSSR count). The number of carboxylic acids is 1. The highest BCUT2D eigenvalue weighted by molar-refractivity contribution is 6.08. The second-order valence-corrected chi connectivity index (χ2v) is 4.16. The normalized spacial score (nSPS) is 10.7. The minimum Gasteiger partial charge on any atom is -0.508 e. The van der Waals surface area contributed by atoms with Gasteiger partial charge in [0, 0.05) is 10.9 Å². The maximum absolute atomic E-state index is 11.3. The molecule has 5 heteroatoms. The van der Waals surface area contributed by atoms with Crippen LogP contribution in [0, 0.1) is 0 Å². The number of carboxylic acid groups (broad SMARTS) is 1. The summed E-state index contributed by atoms with van der Waals surface area (Å²) >= 11 is 0. The molecule has 1 aromatic heterocycles. The Labute approximate surface area is 108 Å². The van der Waals surface area contributed by atoms with E-state index in [0.717, 1.165) is 0 Å². The number of aromatic nitrogens is 2. The van der Waals surface area contributed by atoms with Gasteiger partial charge in [0.1, 0.15) is 11.4 Å². The van der Waals surface area contributed by atoms with Crippen LogP contribution in [0.4, 0.5) is 0 Å². The van der Waals surface area contributed by atoms with Gasteiger partial charge in [-0.1, -0.05) is 18.2 Å². The van der Waals surface area contributed by atoms with Crippen molar-refractivity contribution in [1.29, 1.82) is 0 Å². The average Bonchev–Trinajstić information content (AvgIpc) is 2.82. The summed E-state index contributed by atoms with van der Waals surface area (Å²) in [6.07, 6.45) is 0. The lowest BCUT2D eigenvalue weighted by atomic mass is 10.0. The molecule has 3 N–H and O–H groups in total. The number of aromatic hydroxyl groups is 1. The third-order valence-electron chi connectivity index (χ3n) is 2.94. The van der Waals surface area contributed by atoms with E-state index in [4.69, 9.17) is 0 Å². The van der Waals surface area contributed by atoms with Crippen molar-refractivity contribution in [1.82, 2.24) is 10.2 Å². The van der Waals surface area contributed by atoms with Crippen molar-refractivity contribution >= 4 is 16.9 Å². The number of hydrogen-bond donors (Lipinski definition) is 3. The SMILES string of the molecule is O=C(O)c1cccc2[nH]nc(-c3cccc(O)c3)c12. The van der Waals surface area contributed by atoms with E-state index >= 15 is 0 Å². The highest BCUT2D eigenvalue weighted by Gasteiger charge is 2.16. The molecule has 3 aromatic rings. The van der Waals surface area contributed by atoms with E-state index in [1.807, 2.05) is 0 Å². The van der Waals surface area contributed by atoms with E-state index in [2.05, 4.69) is 10.2 Å². The highest BCUT2D eigenvalue weighted by atomic mass is 16.4. The molecular weight excluding hydrogens is 244 g/mol. The third kappa shape index (κ3) is 1.81. The molecule has 5 nitrogen and oxygen atoms in total. The molecule has 0 fully saturated rings. The number of phenolic OH excluding ortho intramolecular Hbond substituents is 1. The van der Waals surface area contributed by atoms with Crippen LogP contribution in [0.2, 0.25) is 0 Å². The first-order valence-electron chi connectivity index (χ1n) is 5.66. The van der Waals surface area contributed by atoms with E-state index in [0.29, 0.717) is 22.2 Å². The van der Waals surface area contributed by atoms with Gasteiger partial charge in [0.25, 0.3) is 0 Å². The molecule has 0 aliphatic heterocycles. The van der Waals surface area contributed by atoms with Gasteiger partial charge in [-0.3, -0.25) is 5.10 Å². The van der Waals surface area contributed by atoms with Crippen LogP contribution >= 0.6 is 0 Å². The first kappa shape index (κ1) is 11.3. The number of benzene rings is 2. The number of H-pyrrole nitrogens is 1. The zero-order valence-corrected chi connectivity index (χ0v) is 9.79. The minimum atomic E-state index is -1.01. The van der Waals surface area contributed by atoms with Crippen molar-refractivity contribution < 1.29 is 15.0 Å². The number of carbonyl (C=O) groups is 1. The summed E-state index contributed by atoms with van der Waals surface area (Å²) in [6, 6.07) is 11.5. The molecule has 0 unspecified atom stereocenters. The van der Waals surface area contributed by atoms with Crippen LogP contribution in [0.25, 0.3) is 22.2 Å². The lowest BCUT2D eigenvalue weighted by molar-refractivity contribution is 0.0699. The fourth-order valence-corrected chi connectivity index (χ4v) is 2.11. The van der Waals surface area contributed by atoms with E-state index in [-0.39, 0.29) is 11.3 Å². The number of hydrogen-bond acceptors (Lipinski definition) is 3. The first-order chi connectivity index (χ1) is 9.16. The maximum atomic E-state index is 11.3. The zero-order chi connectivity index (χ0) is 13.4. The van der Waals surface area contributed by atoms with Gasteiger partial charge in [0.15, 0.2) is 0 Å². The van der Waals surface area contributed by atoms with Crippen LogP contribution in [0.1, 0.15) is 10.4 Å². The molecule has 19 heavy (non-hydrogen) atoms. The van der Waals surface area contributed by atoms with Crippen molar-refractivity contribution in [2.75, 3.05) is 0 Å². The molecule has 94 valence electrons. The lowest BCUT2D eigenvalue weighted by Crippen LogP contribution is -1.97. The van der Waals surface area contributed by atoms with Gasteiger partial charge < -0.3 is 10.2 Å². The van der Waals surface area contributed by atoms with E-state index in [1.54, 1.807) is 36.4 Å². The molecule has 0 amide bonds. The summed E-state index contributed by atoms with van der Waals surface area (Å²) in [5.41, 5.74) is 2.02. The van der Waals surface area contributed by atoms with Crippen LogP contribution in [0.3, 0.4) is 0 Å². The Balaban J connectivity index is 2.33. The summed E-state index contributed by atoms with van der Waals surface area (Å²) in [5.74, 6) is -0.894. The van der Waals surface area contributed by atoms with Crippen LogP contribution < -0.4 is 0 Å². The van der Waals surface area contributed by atoms with Gasteiger partial charge in [-0.25, -0.2) is 4.79 Å². The van der Waals surface area contributed by atoms with Crippen molar-refractivity contribution in [3.63, 3.8) is 0 Å². The average molecular weight is 254 g/mol. The standard InChI is InChI=1S/C14H10N2O3/c17-9-4-1-3-8(7-9)13-12-10(14(18)19)5-2-6-11(12)15-16-13/h1-7,17H,(H,15,16)(H,18,19). The van der Waals surface area contributed by atoms with Gasteiger partial charge >= 0.3 is 5.97 Å². The highest BCUT2D eigenvalue weighted by Crippen LogP contribution is 2.30. The van der Waals surface area contributed by atoms with Crippen LogP contribution in [0.15, 0.2) is 42.5 Å². The summed E-state index contributed by atoms with van der Waals surface area (Å²) in [4.78, 5) is 11.3. The van der Waals surface area contributed by atoms with E-state index in [9.17, 15) is 15.0 Å². The number of aromatic amines is 1. The van der Waals surface area contributed by atoms with Gasteiger partial charge in [0.05, 0.1) is 11.1 Å². The Morgan fingerprint density at radius 1 is 1.16 bits per heavy atom. The lowest BCUT2D eigenvalue weighted by Gasteiger charge is -2.01. The largest absolute Gasteiger partial charge is 0.508 e. The summed E-state index contributed by atoms with van der Waals surface area (Å²) < 4.78 is 0. The number of fused-ring (bicyclic) bond motifs is 1. The monoisotopic (exact) mass is 254 g/mol. The second kappa shape index (κ2) is 4.13. The van der Waals surface area contributed by atoms with Crippen LogP contribution in [0.5, 0.6) is 5.75 Å². The first-order valence-corrected chi connectivity index (χ1v) is 5.66. The number of nitrogens with one attached hydrogen (secondary N) is 1. The third-order valence-corrected chi connectivity index (χ3v) is 2.94. The number of phenols is 1. The molecule has 0 saturated heterocycles. The Morgan fingerprint density at radius 3 is 2.68 bits per heavy atom. The maximum Gasteiger partial charge on any atom is 0.336 e. The molecule has 0 saturated carbocycles. The Hall–Kier alpha value is -2.82. The topological polar surface area (TPSA) is 86.2 Å². The summed E-state index contributed by atoms with van der Waals surface area (Å²) in [6.45, 7) is 0. The van der Waals surface area contributed by atoms with E-state index in [1.165, 1.54) is 6.07 Å². The molecule has 0 aliphatic rings. The van der Waals surface area contributed by atoms with E-state index < -0.39 is 5.97 Å². The van der Waals surface area contributed by atoms with Crippen LogP contribution in [-0.2, 0) is 0 Å². The molecule has 1 heterocycles. The predicted octanol–water partition coefficient (Wildman–Crippen LogP) is 2.63. The molecule has 0 spiro atoms. The Bertz CT molecular complexity index is 777. The number of rotatable bonds is 2. The second-order valence-electron chi connectivity index (χ2n) is 4.16. The van der Waals surface area contributed by atoms with Gasteiger partial charge in [-0.05, 0) is 24.3 Å². The molecule has 0 radical (unpaired) electrons. The number of aromatic carboxylic acids is 1. The number of nitrogens with zero attached hydrogens (tertiary/aromatic N) is 1. The summed E-state index contributed by atoms with van der Waals surface area (Å²) in [7, 11) is 0. The molecular formula is C14H10N2O3. The van der Waals surface area contributed by atoms with Gasteiger partial charge in [0.2, 0.25) is 0 Å². The Morgan fingerprint density at radius 2 is 1.95 bits per heavy atom. The molecule has 2 aromatic carbocycles. The molecule has 0 aliphatic carbocycles. The predicted molar refractivity (Wildman–Crippen MR) is 70.2 cm³/mol. The van der Waals surface area contributed by atoms with Gasteiger partial charge in [-0.15, -0.1) is 0 Å². The molecule has 0 atom stereocenters. The van der Waals surface area contributed by atoms with Crippen molar-refractivity contribution in [2.45, 2.75) is 0 Å².